The third-order valence-corrected chi connectivity index (χ3v) is 6.17. The van der Waals surface area contributed by atoms with Crippen molar-refractivity contribution in [1.82, 2.24) is 9.88 Å². The number of piperidine rings is 1. The third kappa shape index (κ3) is 8.55. The summed E-state index contributed by atoms with van der Waals surface area (Å²) >= 11 is 0. The van der Waals surface area contributed by atoms with E-state index in [-0.39, 0.29) is 11.7 Å². The van der Waals surface area contributed by atoms with Crippen molar-refractivity contribution in [3.05, 3.63) is 77.8 Å². The number of carbonyl (C=O) groups excluding carboxylic acids is 1. The van der Waals surface area contributed by atoms with Crippen LogP contribution in [0, 0.1) is 11.2 Å². The number of carbonyl (C=O) groups is 3. The fourth-order valence-electron chi connectivity index (χ4n) is 4.58. The van der Waals surface area contributed by atoms with Crippen molar-refractivity contribution in [3.8, 4) is 0 Å². The van der Waals surface area contributed by atoms with E-state index >= 15 is 0 Å². The van der Waals surface area contributed by atoms with Crippen molar-refractivity contribution in [3.63, 3.8) is 0 Å². The van der Waals surface area contributed by atoms with Gasteiger partial charge in [0.15, 0.2) is 0 Å². The van der Waals surface area contributed by atoms with Crippen LogP contribution in [0.25, 0.3) is 10.9 Å². The largest absolute Gasteiger partial charge is 0.478 e. The lowest BCUT2D eigenvalue weighted by Gasteiger charge is -2.36. The zero-order valence-corrected chi connectivity index (χ0v) is 21.8. The molecule has 9 heteroatoms. The van der Waals surface area contributed by atoms with Crippen LogP contribution in [0.1, 0.15) is 55.5 Å². The number of halogens is 1. The predicted molar refractivity (Wildman–Crippen MR) is 145 cm³/mol. The Labute approximate surface area is 221 Å². The first-order valence-corrected chi connectivity index (χ1v) is 12.5. The molecule has 3 aromatic rings. The number of aliphatic carboxylic acids is 2. The van der Waals surface area contributed by atoms with Crippen molar-refractivity contribution in [2.45, 2.75) is 39.5 Å². The average Bonchev–Trinajstić information content (AvgIpc) is 3.26. The summed E-state index contributed by atoms with van der Waals surface area (Å²) in [5.41, 5.74) is 3.94. The predicted octanol–water partition coefficient (Wildman–Crippen LogP) is 5.50. The van der Waals surface area contributed by atoms with Crippen molar-refractivity contribution in [2.24, 2.45) is 5.41 Å². The van der Waals surface area contributed by atoms with Crippen LogP contribution in [0.5, 0.6) is 0 Å². The summed E-state index contributed by atoms with van der Waals surface area (Å²) in [4.78, 5) is 37.6. The van der Waals surface area contributed by atoms with Crippen LogP contribution < -0.4 is 5.32 Å². The molecule has 1 amide bonds. The number of likely N-dealkylation sites (tertiary alicyclic amines) is 1. The van der Waals surface area contributed by atoms with Gasteiger partial charge in [-0.1, -0.05) is 20.8 Å². The zero-order valence-electron chi connectivity index (χ0n) is 21.8. The highest BCUT2D eigenvalue weighted by molar-refractivity contribution is 6.05. The maximum Gasteiger partial charge on any atom is 0.328 e. The van der Waals surface area contributed by atoms with Gasteiger partial charge in [-0.3, -0.25) is 4.79 Å². The van der Waals surface area contributed by atoms with E-state index in [1.165, 1.54) is 35.2 Å². The van der Waals surface area contributed by atoms with Gasteiger partial charge in [0.05, 0.1) is 0 Å². The first-order valence-electron chi connectivity index (χ1n) is 12.5. The monoisotopic (exact) mass is 523 g/mol. The molecule has 4 rings (SSSR count). The van der Waals surface area contributed by atoms with Gasteiger partial charge in [0.1, 0.15) is 5.82 Å². The molecule has 1 saturated heterocycles. The second-order valence-corrected chi connectivity index (χ2v) is 10.6. The maximum atomic E-state index is 13.1. The summed E-state index contributed by atoms with van der Waals surface area (Å²) in [5.74, 6) is -2.57. The molecule has 38 heavy (non-hydrogen) atoms. The Kier molecular flexibility index (Phi) is 9.41. The summed E-state index contributed by atoms with van der Waals surface area (Å²) in [6.45, 7) is 10.2. The van der Waals surface area contributed by atoms with Gasteiger partial charge in [-0.15, -0.1) is 0 Å². The van der Waals surface area contributed by atoms with Crippen molar-refractivity contribution in [2.75, 3.05) is 25.0 Å². The Hall–Kier alpha value is -3.98. The standard InChI is InChI=1S/C25H30FN3O.C4H4O4/c1-25(2,3)16-29-12-10-17(11-13-29)22-15-27-23-9-8-20(14-21(22)23)28-24(30)18-4-6-19(26)7-5-18;5-3(6)1-2-4(7)8/h4-9,14-15,17,27H,10-13,16H2,1-3H3,(H,28,30);1-2H,(H,5,6)(H,7,8)/b;2-1+. The number of aromatic amines is 1. The number of aromatic nitrogens is 1. The number of amides is 1. The number of fused-ring (bicyclic) bond motifs is 1. The number of benzene rings is 2. The van der Waals surface area contributed by atoms with Crippen LogP contribution in [0.2, 0.25) is 0 Å². The minimum absolute atomic E-state index is 0.234. The van der Waals surface area contributed by atoms with Crippen LogP contribution in [0.15, 0.2) is 60.8 Å². The zero-order chi connectivity index (χ0) is 27.9. The highest BCUT2D eigenvalue weighted by Crippen LogP contribution is 2.35. The van der Waals surface area contributed by atoms with Gasteiger partial charge < -0.3 is 25.4 Å². The molecule has 1 aliphatic heterocycles. The quantitative estimate of drug-likeness (QED) is 0.317. The number of rotatable bonds is 6. The topological polar surface area (TPSA) is 123 Å². The van der Waals surface area contributed by atoms with E-state index in [0.717, 1.165) is 43.7 Å². The first-order chi connectivity index (χ1) is 17.9. The summed E-state index contributed by atoms with van der Waals surface area (Å²) in [6.07, 6.45) is 5.54. The second-order valence-electron chi connectivity index (χ2n) is 10.6. The van der Waals surface area contributed by atoms with Gasteiger partial charge >= 0.3 is 11.9 Å². The van der Waals surface area contributed by atoms with Crippen LogP contribution in [0.4, 0.5) is 10.1 Å². The lowest BCUT2D eigenvalue weighted by Crippen LogP contribution is -2.38. The van der Waals surface area contributed by atoms with Crippen molar-refractivity contribution >= 4 is 34.4 Å². The summed E-state index contributed by atoms with van der Waals surface area (Å²) in [7, 11) is 0. The average molecular weight is 524 g/mol. The summed E-state index contributed by atoms with van der Waals surface area (Å²) in [6, 6.07) is 11.5. The Morgan fingerprint density at radius 1 is 1.03 bits per heavy atom. The van der Waals surface area contributed by atoms with E-state index in [0.29, 0.717) is 29.0 Å². The minimum atomic E-state index is -1.26. The molecule has 0 saturated carbocycles. The Morgan fingerprint density at radius 3 is 2.18 bits per heavy atom. The lowest BCUT2D eigenvalue weighted by atomic mass is 9.87. The van der Waals surface area contributed by atoms with E-state index in [1.54, 1.807) is 0 Å². The number of nitrogens with one attached hydrogen (secondary N) is 2. The molecular formula is C29H34FN3O5. The molecule has 0 spiro atoms. The highest BCUT2D eigenvalue weighted by Gasteiger charge is 2.25. The molecular weight excluding hydrogens is 489 g/mol. The van der Waals surface area contributed by atoms with Gasteiger partial charge in [0.25, 0.3) is 5.91 Å². The van der Waals surface area contributed by atoms with Gasteiger partial charge in [0, 0.05) is 47.0 Å². The molecule has 0 atom stereocenters. The van der Waals surface area contributed by atoms with E-state index in [9.17, 15) is 18.8 Å². The SMILES string of the molecule is CC(C)(C)CN1CCC(c2c[nH]c3ccc(NC(=O)c4ccc(F)cc4)cc23)CC1.O=C(O)/C=C/C(=O)O. The van der Waals surface area contributed by atoms with Gasteiger partial charge in [-0.2, -0.15) is 0 Å². The molecule has 2 heterocycles. The Bertz CT molecular complexity index is 1280. The van der Waals surface area contributed by atoms with E-state index < -0.39 is 11.9 Å². The molecule has 1 fully saturated rings. The highest BCUT2D eigenvalue weighted by atomic mass is 19.1. The van der Waals surface area contributed by atoms with Crippen molar-refractivity contribution in [1.29, 1.82) is 0 Å². The lowest BCUT2D eigenvalue weighted by molar-refractivity contribution is -0.134. The van der Waals surface area contributed by atoms with Gasteiger partial charge in [-0.05, 0) is 85.3 Å². The number of H-pyrrole nitrogens is 1. The van der Waals surface area contributed by atoms with E-state index in [1.807, 2.05) is 18.2 Å². The molecule has 1 aliphatic rings. The van der Waals surface area contributed by atoms with E-state index in [4.69, 9.17) is 10.2 Å². The molecule has 0 radical (unpaired) electrons. The smallest absolute Gasteiger partial charge is 0.328 e. The minimum Gasteiger partial charge on any atom is -0.478 e. The number of carboxylic acid groups (broad SMARTS) is 2. The Balaban J connectivity index is 0.000000436. The molecule has 0 aliphatic carbocycles. The molecule has 0 unspecified atom stereocenters. The van der Waals surface area contributed by atoms with Crippen molar-refractivity contribution < 1.29 is 29.0 Å². The Morgan fingerprint density at radius 2 is 1.63 bits per heavy atom. The van der Waals surface area contributed by atoms with Crippen LogP contribution in [0.3, 0.4) is 0 Å². The molecule has 202 valence electrons. The number of hydrogen-bond acceptors (Lipinski definition) is 4. The summed E-state index contributed by atoms with van der Waals surface area (Å²) in [5, 5.41) is 19.7. The van der Waals surface area contributed by atoms with Crippen LogP contribution in [-0.4, -0.2) is 57.6 Å². The molecule has 2 aromatic carbocycles. The number of nitrogens with zero attached hydrogens (tertiary/aromatic N) is 1. The molecule has 8 nitrogen and oxygen atoms in total. The van der Waals surface area contributed by atoms with Gasteiger partial charge in [-0.25, -0.2) is 14.0 Å². The molecule has 0 bridgehead atoms. The first kappa shape index (κ1) is 28.6. The number of hydrogen-bond donors (Lipinski definition) is 4. The number of anilines is 1. The normalized spacial score (nSPS) is 14.7. The molecule has 1 aromatic heterocycles. The fraction of sp³-hybridized carbons (Fsp3) is 0.345. The maximum absolute atomic E-state index is 13.1. The second kappa shape index (κ2) is 12.5. The number of carboxylic acids is 2. The van der Waals surface area contributed by atoms with Gasteiger partial charge in [0.2, 0.25) is 0 Å². The third-order valence-electron chi connectivity index (χ3n) is 6.17. The molecule has 4 N–H and O–H groups in total. The fourth-order valence-corrected chi connectivity index (χ4v) is 4.58. The van der Waals surface area contributed by atoms with Crippen LogP contribution in [-0.2, 0) is 9.59 Å². The van der Waals surface area contributed by atoms with Crippen LogP contribution >= 0.6 is 0 Å². The summed E-state index contributed by atoms with van der Waals surface area (Å²) < 4.78 is 13.1. The van der Waals surface area contributed by atoms with E-state index in [2.05, 4.69) is 42.2 Å².